The Labute approximate surface area is 121 Å². The van der Waals surface area contributed by atoms with Crippen LogP contribution in [0, 0.1) is 5.82 Å². The Kier molecular flexibility index (Phi) is 4.86. The van der Waals surface area contributed by atoms with E-state index in [9.17, 15) is 9.50 Å². The van der Waals surface area contributed by atoms with Crippen LogP contribution in [0.1, 0.15) is 24.2 Å². The maximum atomic E-state index is 13.8. The van der Waals surface area contributed by atoms with E-state index in [4.69, 9.17) is 11.6 Å². The van der Waals surface area contributed by atoms with Gasteiger partial charge in [0.1, 0.15) is 5.82 Å². The van der Waals surface area contributed by atoms with E-state index in [1.807, 2.05) is 24.3 Å². The van der Waals surface area contributed by atoms with E-state index >= 15 is 0 Å². The lowest BCUT2D eigenvalue weighted by atomic mass is 10.1. The first-order chi connectivity index (χ1) is 9.08. The summed E-state index contributed by atoms with van der Waals surface area (Å²) in [7, 11) is 0. The fourth-order valence-electron chi connectivity index (χ4n) is 1.74. The maximum absolute atomic E-state index is 13.8. The molecule has 0 bridgehead atoms. The number of hydrogen-bond acceptors (Lipinski definition) is 2. The predicted octanol–water partition coefficient (Wildman–Crippen LogP) is 4.82. The monoisotopic (exact) mass is 296 g/mol. The van der Waals surface area contributed by atoms with Crippen LogP contribution in [0.2, 0.25) is 5.02 Å². The zero-order valence-corrected chi connectivity index (χ0v) is 12.0. The number of hydrogen-bond donors (Lipinski definition) is 1. The highest BCUT2D eigenvalue weighted by Gasteiger charge is 2.12. The van der Waals surface area contributed by atoms with Crippen LogP contribution in [0.5, 0.6) is 0 Å². The standard InChI is InChI=1S/C15H14ClFOS/c1-10(18)13-3-2-4-14(17)15(13)19-9-11-5-7-12(16)8-6-11/h2-8,10,18H,9H2,1H3. The molecule has 100 valence electrons. The van der Waals surface area contributed by atoms with E-state index in [-0.39, 0.29) is 5.82 Å². The number of benzene rings is 2. The van der Waals surface area contributed by atoms with Gasteiger partial charge in [-0.05, 0) is 36.2 Å². The topological polar surface area (TPSA) is 20.2 Å². The third-order valence-electron chi connectivity index (χ3n) is 2.74. The Bertz CT molecular complexity index is 555. The van der Waals surface area contributed by atoms with Crippen molar-refractivity contribution < 1.29 is 9.50 Å². The van der Waals surface area contributed by atoms with Gasteiger partial charge in [0.25, 0.3) is 0 Å². The molecule has 0 heterocycles. The van der Waals surface area contributed by atoms with Crippen molar-refractivity contribution in [3.05, 3.63) is 64.4 Å². The molecule has 2 rings (SSSR count). The van der Waals surface area contributed by atoms with E-state index in [1.165, 1.54) is 17.8 Å². The molecule has 1 unspecified atom stereocenters. The van der Waals surface area contributed by atoms with Crippen LogP contribution in [-0.4, -0.2) is 5.11 Å². The van der Waals surface area contributed by atoms with Gasteiger partial charge in [0.15, 0.2) is 0 Å². The lowest BCUT2D eigenvalue weighted by Crippen LogP contribution is -1.97. The van der Waals surface area contributed by atoms with Gasteiger partial charge in [-0.1, -0.05) is 35.9 Å². The van der Waals surface area contributed by atoms with E-state index in [0.717, 1.165) is 5.56 Å². The van der Waals surface area contributed by atoms with E-state index < -0.39 is 6.10 Å². The Morgan fingerprint density at radius 3 is 2.53 bits per heavy atom. The summed E-state index contributed by atoms with van der Waals surface area (Å²) in [5.41, 5.74) is 1.69. The first kappa shape index (κ1) is 14.4. The molecule has 19 heavy (non-hydrogen) atoms. The van der Waals surface area contributed by atoms with Crippen molar-refractivity contribution in [3.8, 4) is 0 Å². The number of aliphatic hydroxyl groups is 1. The molecule has 1 N–H and O–H groups in total. The zero-order valence-electron chi connectivity index (χ0n) is 10.4. The van der Waals surface area contributed by atoms with Gasteiger partial charge in [-0.15, -0.1) is 11.8 Å². The number of halogens is 2. The molecule has 4 heteroatoms. The van der Waals surface area contributed by atoms with Gasteiger partial charge in [-0.2, -0.15) is 0 Å². The molecule has 0 aromatic heterocycles. The second kappa shape index (κ2) is 6.42. The third kappa shape index (κ3) is 3.72. The van der Waals surface area contributed by atoms with Crippen molar-refractivity contribution in [1.29, 1.82) is 0 Å². The number of aliphatic hydroxyl groups excluding tert-OH is 1. The predicted molar refractivity (Wildman–Crippen MR) is 78.0 cm³/mol. The molecule has 0 saturated carbocycles. The molecule has 0 saturated heterocycles. The maximum Gasteiger partial charge on any atom is 0.137 e. The molecule has 2 aromatic carbocycles. The van der Waals surface area contributed by atoms with Gasteiger partial charge in [0.05, 0.1) is 6.10 Å². The molecular formula is C15H14ClFOS. The van der Waals surface area contributed by atoms with Crippen LogP contribution in [0.15, 0.2) is 47.4 Å². The van der Waals surface area contributed by atoms with Gasteiger partial charge >= 0.3 is 0 Å². The van der Waals surface area contributed by atoms with Crippen LogP contribution >= 0.6 is 23.4 Å². The smallest absolute Gasteiger partial charge is 0.137 e. The summed E-state index contributed by atoms with van der Waals surface area (Å²) in [6, 6.07) is 12.2. The first-order valence-corrected chi connectivity index (χ1v) is 7.28. The van der Waals surface area contributed by atoms with Crippen LogP contribution < -0.4 is 0 Å². The third-order valence-corrected chi connectivity index (χ3v) is 4.19. The molecule has 0 spiro atoms. The Morgan fingerprint density at radius 2 is 1.89 bits per heavy atom. The van der Waals surface area contributed by atoms with Crippen LogP contribution in [-0.2, 0) is 5.75 Å². The largest absolute Gasteiger partial charge is 0.389 e. The van der Waals surface area contributed by atoms with Crippen molar-refractivity contribution in [3.63, 3.8) is 0 Å². The highest BCUT2D eigenvalue weighted by Crippen LogP contribution is 2.32. The quantitative estimate of drug-likeness (QED) is 0.816. The highest BCUT2D eigenvalue weighted by molar-refractivity contribution is 7.98. The van der Waals surface area contributed by atoms with Gasteiger partial charge in [0.2, 0.25) is 0 Å². The summed E-state index contributed by atoms with van der Waals surface area (Å²) < 4.78 is 13.8. The second-order valence-corrected chi connectivity index (χ2v) is 5.67. The van der Waals surface area contributed by atoms with Gasteiger partial charge in [-0.3, -0.25) is 0 Å². The summed E-state index contributed by atoms with van der Waals surface area (Å²) in [6.07, 6.45) is -0.677. The second-order valence-electron chi connectivity index (χ2n) is 4.25. The summed E-state index contributed by atoms with van der Waals surface area (Å²) in [5, 5.41) is 10.3. The van der Waals surface area contributed by atoms with Gasteiger partial charge in [-0.25, -0.2) is 4.39 Å². The van der Waals surface area contributed by atoms with Crippen LogP contribution in [0.25, 0.3) is 0 Å². The minimum Gasteiger partial charge on any atom is -0.389 e. The normalized spacial score (nSPS) is 12.4. The minimum absolute atomic E-state index is 0.294. The molecule has 0 aliphatic carbocycles. The summed E-state index contributed by atoms with van der Waals surface area (Å²) >= 11 is 7.20. The van der Waals surface area contributed by atoms with Gasteiger partial charge in [0, 0.05) is 15.7 Å². The van der Waals surface area contributed by atoms with Crippen molar-refractivity contribution in [2.24, 2.45) is 0 Å². The number of thioether (sulfide) groups is 1. The summed E-state index contributed by atoms with van der Waals surface area (Å²) in [4.78, 5) is 0.507. The lowest BCUT2D eigenvalue weighted by Gasteiger charge is -2.12. The molecule has 2 aromatic rings. The SMILES string of the molecule is CC(O)c1cccc(F)c1SCc1ccc(Cl)cc1. The molecule has 0 amide bonds. The zero-order chi connectivity index (χ0) is 13.8. The Hall–Kier alpha value is -1.03. The van der Waals surface area contributed by atoms with Crippen molar-refractivity contribution in [2.45, 2.75) is 23.7 Å². The minimum atomic E-state index is -0.677. The molecule has 0 aliphatic heterocycles. The van der Waals surface area contributed by atoms with E-state index in [2.05, 4.69) is 0 Å². The Balaban J connectivity index is 2.17. The number of rotatable bonds is 4. The Morgan fingerprint density at radius 1 is 1.21 bits per heavy atom. The van der Waals surface area contributed by atoms with Crippen molar-refractivity contribution in [1.82, 2.24) is 0 Å². The van der Waals surface area contributed by atoms with Crippen LogP contribution in [0.4, 0.5) is 4.39 Å². The molecular weight excluding hydrogens is 283 g/mol. The van der Waals surface area contributed by atoms with Gasteiger partial charge < -0.3 is 5.11 Å². The van der Waals surface area contributed by atoms with E-state index in [0.29, 0.717) is 21.2 Å². The average Bonchev–Trinajstić information content (AvgIpc) is 2.39. The lowest BCUT2D eigenvalue weighted by molar-refractivity contribution is 0.195. The van der Waals surface area contributed by atoms with Crippen LogP contribution in [0.3, 0.4) is 0 Å². The molecule has 0 radical (unpaired) electrons. The average molecular weight is 297 g/mol. The summed E-state index contributed by atoms with van der Waals surface area (Å²) in [6.45, 7) is 1.64. The fraction of sp³-hybridized carbons (Fsp3) is 0.200. The molecule has 1 atom stereocenters. The van der Waals surface area contributed by atoms with Crippen molar-refractivity contribution >= 4 is 23.4 Å². The molecule has 0 fully saturated rings. The molecule has 1 nitrogen and oxygen atoms in total. The van der Waals surface area contributed by atoms with Crippen molar-refractivity contribution in [2.75, 3.05) is 0 Å². The fourth-order valence-corrected chi connectivity index (χ4v) is 2.98. The molecule has 0 aliphatic rings. The van der Waals surface area contributed by atoms with E-state index in [1.54, 1.807) is 19.1 Å². The highest BCUT2D eigenvalue weighted by atomic mass is 35.5. The first-order valence-electron chi connectivity index (χ1n) is 5.91. The summed E-state index contributed by atoms with van der Waals surface area (Å²) in [5.74, 6) is 0.343.